The average molecular weight is 314 g/mol. The monoisotopic (exact) mass is 314 g/mol. The van der Waals surface area contributed by atoms with Gasteiger partial charge in [-0.05, 0) is 66.0 Å². The molecule has 0 bridgehead atoms. The highest BCUT2D eigenvalue weighted by Gasteiger charge is 2.23. The SMILES string of the molecule is COCCCCCN1CCCCC1CNC(=O)OC(C)(C)C. The number of piperidine rings is 1. The predicted molar refractivity (Wildman–Crippen MR) is 89.2 cm³/mol. The molecule has 0 spiro atoms. The van der Waals surface area contributed by atoms with Crippen LogP contribution in [0.15, 0.2) is 0 Å². The molecular weight excluding hydrogens is 280 g/mol. The van der Waals surface area contributed by atoms with Crippen LogP contribution in [0.2, 0.25) is 0 Å². The Bertz CT molecular complexity index is 316. The van der Waals surface area contributed by atoms with E-state index in [0.717, 1.165) is 32.5 Å². The van der Waals surface area contributed by atoms with E-state index < -0.39 is 5.60 Å². The molecule has 1 aliphatic heterocycles. The van der Waals surface area contributed by atoms with Gasteiger partial charge in [0, 0.05) is 26.3 Å². The number of rotatable bonds is 8. The molecule has 1 fully saturated rings. The molecule has 0 aliphatic carbocycles. The van der Waals surface area contributed by atoms with Gasteiger partial charge in [0.15, 0.2) is 0 Å². The summed E-state index contributed by atoms with van der Waals surface area (Å²) in [6.45, 7) is 9.46. The van der Waals surface area contributed by atoms with E-state index in [1.807, 2.05) is 20.8 Å². The van der Waals surface area contributed by atoms with Crippen LogP contribution in [0.5, 0.6) is 0 Å². The summed E-state index contributed by atoms with van der Waals surface area (Å²) in [7, 11) is 1.75. The van der Waals surface area contributed by atoms with Crippen molar-refractivity contribution in [1.29, 1.82) is 0 Å². The number of hydrogen-bond acceptors (Lipinski definition) is 4. The molecule has 1 aliphatic rings. The Kier molecular flexibility index (Phi) is 8.79. The van der Waals surface area contributed by atoms with Crippen molar-refractivity contribution in [2.24, 2.45) is 0 Å². The molecule has 0 aromatic carbocycles. The summed E-state index contributed by atoms with van der Waals surface area (Å²) in [4.78, 5) is 14.3. The van der Waals surface area contributed by atoms with Gasteiger partial charge in [0.2, 0.25) is 0 Å². The summed E-state index contributed by atoms with van der Waals surface area (Å²) in [5, 5.41) is 2.93. The Labute approximate surface area is 135 Å². The molecule has 130 valence electrons. The molecule has 1 rings (SSSR count). The van der Waals surface area contributed by atoms with E-state index in [-0.39, 0.29) is 6.09 Å². The number of nitrogens with one attached hydrogen (secondary N) is 1. The minimum atomic E-state index is -0.433. The Hall–Kier alpha value is -0.810. The third-order valence-corrected chi connectivity index (χ3v) is 3.92. The molecule has 0 aromatic rings. The lowest BCUT2D eigenvalue weighted by atomic mass is 10.0. The molecule has 1 heterocycles. The highest BCUT2D eigenvalue weighted by Crippen LogP contribution is 2.17. The number of unbranched alkanes of at least 4 members (excludes halogenated alkanes) is 2. The molecule has 1 unspecified atom stereocenters. The zero-order valence-electron chi connectivity index (χ0n) is 14.8. The molecular formula is C17H34N2O3. The van der Waals surface area contributed by atoms with Gasteiger partial charge in [0.05, 0.1) is 0 Å². The maximum Gasteiger partial charge on any atom is 0.407 e. The number of amides is 1. The summed E-state index contributed by atoms with van der Waals surface area (Å²) in [5.74, 6) is 0. The van der Waals surface area contributed by atoms with Crippen LogP contribution in [0.1, 0.15) is 59.3 Å². The van der Waals surface area contributed by atoms with Gasteiger partial charge in [0.1, 0.15) is 5.60 Å². The second-order valence-electron chi connectivity index (χ2n) is 7.12. The Morgan fingerprint density at radius 3 is 2.68 bits per heavy atom. The van der Waals surface area contributed by atoms with Crippen LogP contribution < -0.4 is 5.32 Å². The standard InChI is InChI=1S/C17H34N2O3/c1-17(2,3)22-16(20)18-14-15-10-6-8-12-19(15)11-7-5-9-13-21-4/h15H,5-14H2,1-4H3,(H,18,20). The van der Waals surface area contributed by atoms with Crippen molar-refractivity contribution in [3.63, 3.8) is 0 Å². The second kappa shape index (κ2) is 10.1. The molecule has 0 radical (unpaired) electrons. The summed E-state index contributed by atoms with van der Waals surface area (Å²) < 4.78 is 10.4. The topological polar surface area (TPSA) is 50.8 Å². The largest absolute Gasteiger partial charge is 0.444 e. The van der Waals surface area contributed by atoms with Crippen molar-refractivity contribution in [2.45, 2.75) is 70.9 Å². The van der Waals surface area contributed by atoms with Crippen LogP contribution in [0.4, 0.5) is 4.79 Å². The third kappa shape index (κ3) is 8.59. The van der Waals surface area contributed by atoms with E-state index in [0.29, 0.717) is 12.6 Å². The van der Waals surface area contributed by atoms with Crippen LogP contribution in [-0.2, 0) is 9.47 Å². The fraction of sp³-hybridized carbons (Fsp3) is 0.941. The van der Waals surface area contributed by atoms with Crippen molar-refractivity contribution in [2.75, 3.05) is 33.4 Å². The quantitative estimate of drug-likeness (QED) is 0.699. The highest BCUT2D eigenvalue weighted by atomic mass is 16.6. The molecule has 0 saturated carbocycles. The van der Waals surface area contributed by atoms with Gasteiger partial charge in [-0.15, -0.1) is 0 Å². The number of ether oxygens (including phenoxy) is 2. The lowest BCUT2D eigenvalue weighted by Gasteiger charge is -2.36. The number of methoxy groups -OCH3 is 1. The Morgan fingerprint density at radius 2 is 2.00 bits per heavy atom. The van der Waals surface area contributed by atoms with Crippen LogP contribution >= 0.6 is 0 Å². The van der Waals surface area contributed by atoms with Crippen molar-refractivity contribution >= 4 is 6.09 Å². The van der Waals surface area contributed by atoms with Gasteiger partial charge in [-0.25, -0.2) is 4.79 Å². The van der Waals surface area contributed by atoms with E-state index in [2.05, 4.69) is 10.2 Å². The Balaban J connectivity index is 2.27. The highest BCUT2D eigenvalue weighted by molar-refractivity contribution is 5.67. The third-order valence-electron chi connectivity index (χ3n) is 3.92. The first-order chi connectivity index (χ1) is 10.4. The van der Waals surface area contributed by atoms with Crippen LogP contribution in [0.3, 0.4) is 0 Å². The zero-order valence-corrected chi connectivity index (χ0v) is 14.8. The van der Waals surface area contributed by atoms with E-state index in [1.54, 1.807) is 7.11 Å². The average Bonchev–Trinajstić information content (AvgIpc) is 2.44. The summed E-state index contributed by atoms with van der Waals surface area (Å²) in [6.07, 6.45) is 6.90. The van der Waals surface area contributed by atoms with Crippen molar-refractivity contribution < 1.29 is 14.3 Å². The van der Waals surface area contributed by atoms with Crippen molar-refractivity contribution in [1.82, 2.24) is 10.2 Å². The van der Waals surface area contributed by atoms with Gasteiger partial charge in [-0.1, -0.05) is 6.42 Å². The zero-order chi connectivity index (χ0) is 16.4. The molecule has 22 heavy (non-hydrogen) atoms. The minimum Gasteiger partial charge on any atom is -0.444 e. The lowest BCUT2D eigenvalue weighted by molar-refractivity contribution is 0.0494. The molecule has 0 aromatic heterocycles. The number of likely N-dealkylation sites (tertiary alicyclic amines) is 1. The number of carbonyl (C=O) groups is 1. The fourth-order valence-corrected chi connectivity index (χ4v) is 2.84. The molecule has 1 atom stereocenters. The Morgan fingerprint density at radius 1 is 1.23 bits per heavy atom. The maximum absolute atomic E-state index is 11.8. The second-order valence-corrected chi connectivity index (χ2v) is 7.12. The first kappa shape index (κ1) is 19.2. The van der Waals surface area contributed by atoms with Crippen LogP contribution in [0, 0.1) is 0 Å². The predicted octanol–water partition coefficient (Wildman–Crippen LogP) is 3.18. The van der Waals surface area contributed by atoms with Crippen molar-refractivity contribution in [3.05, 3.63) is 0 Å². The summed E-state index contributed by atoms with van der Waals surface area (Å²) in [5.41, 5.74) is -0.433. The maximum atomic E-state index is 11.8. The number of carbonyl (C=O) groups excluding carboxylic acids is 1. The first-order valence-electron chi connectivity index (χ1n) is 8.62. The van der Waals surface area contributed by atoms with Gasteiger partial charge in [-0.2, -0.15) is 0 Å². The van der Waals surface area contributed by atoms with Crippen LogP contribution in [-0.4, -0.2) is 56.0 Å². The molecule has 1 amide bonds. The van der Waals surface area contributed by atoms with Crippen LogP contribution in [0.25, 0.3) is 0 Å². The number of alkyl carbamates (subject to hydrolysis) is 1. The van der Waals surface area contributed by atoms with E-state index >= 15 is 0 Å². The summed E-state index contributed by atoms with van der Waals surface area (Å²) in [6, 6.07) is 0.448. The smallest absolute Gasteiger partial charge is 0.407 e. The lowest BCUT2D eigenvalue weighted by Crippen LogP contribution is -2.47. The minimum absolute atomic E-state index is 0.307. The number of nitrogens with zero attached hydrogens (tertiary/aromatic N) is 1. The fourth-order valence-electron chi connectivity index (χ4n) is 2.84. The molecule has 1 saturated heterocycles. The molecule has 5 heteroatoms. The summed E-state index contributed by atoms with van der Waals surface area (Å²) >= 11 is 0. The van der Waals surface area contributed by atoms with E-state index in [4.69, 9.17) is 9.47 Å². The molecule has 5 nitrogen and oxygen atoms in total. The van der Waals surface area contributed by atoms with E-state index in [1.165, 1.54) is 25.7 Å². The van der Waals surface area contributed by atoms with Crippen molar-refractivity contribution in [3.8, 4) is 0 Å². The normalized spacial score (nSPS) is 19.9. The van der Waals surface area contributed by atoms with Gasteiger partial charge in [0.25, 0.3) is 0 Å². The van der Waals surface area contributed by atoms with Gasteiger partial charge in [-0.3, -0.25) is 4.90 Å². The van der Waals surface area contributed by atoms with Gasteiger partial charge >= 0.3 is 6.09 Å². The first-order valence-corrected chi connectivity index (χ1v) is 8.62. The van der Waals surface area contributed by atoms with Gasteiger partial charge < -0.3 is 14.8 Å². The van der Waals surface area contributed by atoms with E-state index in [9.17, 15) is 4.79 Å². The number of hydrogen-bond donors (Lipinski definition) is 1. The molecule has 1 N–H and O–H groups in total.